The van der Waals surface area contributed by atoms with Crippen molar-refractivity contribution in [2.45, 2.75) is 38.5 Å². The molecule has 1 N–H and O–H groups in total. The zero-order chi connectivity index (χ0) is 16.2. The molecule has 118 valence electrons. The second-order valence-electron chi connectivity index (χ2n) is 4.76. The quantitative estimate of drug-likeness (QED) is 0.839. The Labute approximate surface area is 124 Å². The summed E-state index contributed by atoms with van der Waals surface area (Å²) >= 11 is 0. The number of nitrogens with zero attached hydrogens (tertiary/aromatic N) is 1. The lowest BCUT2D eigenvalue weighted by Gasteiger charge is -2.21. The maximum Gasteiger partial charge on any atom is 0.338 e. The number of benzene rings is 1. The van der Waals surface area contributed by atoms with E-state index in [2.05, 4.69) is 0 Å². The molecule has 0 fully saturated rings. The van der Waals surface area contributed by atoms with E-state index in [1.54, 1.807) is 6.92 Å². The first-order valence-corrected chi connectivity index (χ1v) is 8.23. The Hall–Kier alpha value is -1.47. The summed E-state index contributed by atoms with van der Waals surface area (Å²) in [7, 11) is -3.82. The molecule has 0 unspecified atom stereocenters. The van der Waals surface area contributed by atoms with E-state index in [1.165, 1.54) is 17.3 Å². The zero-order valence-electron chi connectivity index (χ0n) is 12.4. The molecule has 0 spiro atoms. The Morgan fingerprint density at radius 1 is 1.33 bits per heavy atom. The molecule has 0 radical (unpaired) electrons. The van der Waals surface area contributed by atoms with Gasteiger partial charge in [-0.15, -0.1) is 0 Å². The highest BCUT2D eigenvalue weighted by Gasteiger charge is 2.26. The van der Waals surface area contributed by atoms with Gasteiger partial charge in [-0.25, -0.2) is 17.6 Å². The van der Waals surface area contributed by atoms with Crippen molar-refractivity contribution in [1.82, 2.24) is 4.31 Å². The predicted octanol–water partition coefficient (Wildman–Crippen LogP) is 2.64. The number of aryl methyl sites for hydroxylation is 1. The molecular formula is C14H20FNO4S. The van der Waals surface area contributed by atoms with Crippen molar-refractivity contribution < 1.29 is 22.7 Å². The SMILES string of the molecule is CCCCN(CC)S(=O)(=O)c1cc(C)c(F)c(C(=O)O)c1. The van der Waals surface area contributed by atoms with Crippen LogP contribution in [0.25, 0.3) is 0 Å². The maximum absolute atomic E-state index is 13.7. The molecular weight excluding hydrogens is 297 g/mol. The molecule has 0 aliphatic heterocycles. The third-order valence-electron chi connectivity index (χ3n) is 3.21. The van der Waals surface area contributed by atoms with Crippen molar-refractivity contribution in [3.8, 4) is 0 Å². The number of carboxylic acid groups (broad SMARTS) is 1. The molecule has 1 aromatic rings. The van der Waals surface area contributed by atoms with Gasteiger partial charge in [-0.3, -0.25) is 0 Å². The zero-order valence-corrected chi connectivity index (χ0v) is 13.2. The fraction of sp³-hybridized carbons (Fsp3) is 0.500. The lowest BCUT2D eigenvalue weighted by atomic mass is 10.1. The minimum Gasteiger partial charge on any atom is -0.478 e. The van der Waals surface area contributed by atoms with Gasteiger partial charge in [-0.1, -0.05) is 20.3 Å². The molecule has 0 heterocycles. The molecule has 0 aliphatic rings. The molecule has 1 aromatic carbocycles. The van der Waals surface area contributed by atoms with E-state index in [9.17, 15) is 17.6 Å². The van der Waals surface area contributed by atoms with E-state index < -0.39 is 27.4 Å². The highest BCUT2D eigenvalue weighted by atomic mass is 32.2. The molecule has 0 aliphatic carbocycles. The smallest absolute Gasteiger partial charge is 0.338 e. The molecule has 1 rings (SSSR count). The van der Waals surface area contributed by atoms with Gasteiger partial charge in [0, 0.05) is 13.1 Å². The van der Waals surface area contributed by atoms with E-state index in [1.807, 2.05) is 6.92 Å². The summed E-state index contributed by atoms with van der Waals surface area (Å²) in [6.07, 6.45) is 1.55. The third-order valence-corrected chi connectivity index (χ3v) is 5.16. The Bertz CT molecular complexity index is 628. The van der Waals surface area contributed by atoms with Crippen LogP contribution in [0.3, 0.4) is 0 Å². The summed E-state index contributed by atoms with van der Waals surface area (Å²) in [5.41, 5.74) is -0.625. The van der Waals surface area contributed by atoms with E-state index >= 15 is 0 Å². The van der Waals surface area contributed by atoms with Gasteiger partial charge in [0.15, 0.2) is 0 Å². The fourth-order valence-corrected chi connectivity index (χ4v) is 3.57. The number of carbonyl (C=O) groups is 1. The fourth-order valence-electron chi connectivity index (χ4n) is 1.97. The highest BCUT2D eigenvalue weighted by molar-refractivity contribution is 7.89. The first-order chi connectivity index (χ1) is 9.75. The topological polar surface area (TPSA) is 74.7 Å². The number of sulfonamides is 1. The molecule has 0 saturated carbocycles. The van der Waals surface area contributed by atoms with Crippen LogP contribution in [0.15, 0.2) is 17.0 Å². The molecule has 0 atom stereocenters. The molecule has 7 heteroatoms. The summed E-state index contributed by atoms with van der Waals surface area (Å²) in [5, 5.41) is 8.97. The largest absolute Gasteiger partial charge is 0.478 e. The van der Waals surface area contributed by atoms with Gasteiger partial charge in [0.1, 0.15) is 5.82 Å². The van der Waals surface area contributed by atoms with Crippen LogP contribution in [0.1, 0.15) is 42.6 Å². The van der Waals surface area contributed by atoms with Crippen LogP contribution in [0.4, 0.5) is 4.39 Å². The predicted molar refractivity (Wildman–Crippen MR) is 77.4 cm³/mol. The summed E-state index contributed by atoms with van der Waals surface area (Å²) in [6, 6.07) is 2.06. The average molecular weight is 317 g/mol. The summed E-state index contributed by atoms with van der Waals surface area (Å²) in [6.45, 7) is 5.64. The van der Waals surface area contributed by atoms with Crippen LogP contribution >= 0.6 is 0 Å². The number of hydrogen-bond acceptors (Lipinski definition) is 3. The number of rotatable bonds is 7. The van der Waals surface area contributed by atoms with Crippen LogP contribution in [-0.4, -0.2) is 36.9 Å². The van der Waals surface area contributed by atoms with Crippen molar-refractivity contribution >= 4 is 16.0 Å². The minimum absolute atomic E-state index is 0.0000181. The van der Waals surface area contributed by atoms with Gasteiger partial charge >= 0.3 is 5.97 Å². The molecule has 0 aromatic heterocycles. The monoisotopic (exact) mass is 317 g/mol. The summed E-state index contributed by atoms with van der Waals surface area (Å²) < 4.78 is 40.0. The first-order valence-electron chi connectivity index (χ1n) is 6.79. The molecule has 5 nitrogen and oxygen atoms in total. The lowest BCUT2D eigenvalue weighted by Crippen LogP contribution is -2.32. The van der Waals surface area contributed by atoms with Crippen LogP contribution in [0.5, 0.6) is 0 Å². The highest BCUT2D eigenvalue weighted by Crippen LogP contribution is 2.22. The van der Waals surface area contributed by atoms with Gasteiger partial charge in [0.2, 0.25) is 10.0 Å². The Morgan fingerprint density at radius 3 is 2.43 bits per heavy atom. The number of carboxylic acids is 1. The third kappa shape index (κ3) is 3.79. The maximum atomic E-state index is 13.7. The molecule has 0 amide bonds. The van der Waals surface area contributed by atoms with Gasteiger partial charge in [0.05, 0.1) is 10.5 Å². The van der Waals surface area contributed by atoms with Crippen LogP contribution in [-0.2, 0) is 10.0 Å². The molecule has 0 bridgehead atoms. The van der Waals surface area contributed by atoms with Crippen molar-refractivity contribution in [3.05, 3.63) is 29.1 Å². The van der Waals surface area contributed by atoms with E-state index in [0.717, 1.165) is 12.5 Å². The van der Waals surface area contributed by atoms with Gasteiger partial charge in [-0.2, -0.15) is 4.31 Å². The summed E-state index contributed by atoms with van der Waals surface area (Å²) in [4.78, 5) is 10.8. The van der Waals surface area contributed by atoms with Gasteiger partial charge < -0.3 is 5.11 Å². The Kier molecular flexibility index (Phi) is 5.86. The van der Waals surface area contributed by atoms with Crippen LogP contribution < -0.4 is 0 Å². The van der Waals surface area contributed by atoms with Gasteiger partial charge in [0.25, 0.3) is 0 Å². The van der Waals surface area contributed by atoms with Crippen LogP contribution in [0, 0.1) is 12.7 Å². The van der Waals surface area contributed by atoms with Gasteiger partial charge in [-0.05, 0) is 31.0 Å². The minimum atomic E-state index is -3.82. The number of hydrogen-bond donors (Lipinski definition) is 1. The second-order valence-corrected chi connectivity index (χ2v) is 6.70. The van der Waals surface area contributed by atoms with Crippen molar-refractivity contribution in [3.63, 3.8) is 0 Å². The number of unbranched alkanes of at least 4 members (excludes halogenated alkanes) is 1. The Morgan fingerprint density at radius 2 is 1.95 bits per heavy atom. The second kappa shape index (κ2) is 7.00. The van der Waals surface area contributed by atoms with Crippen molar-refractivity contribution in [2.75, 3.05) is 13.1 Å². The first kappa shape index (κ1) is 17.6. The average Bonchev–Trinajstić information content (AvgIpc) is 2.41. The number of aromatic carboxylic acids is 1. The molecule has 0 saturated heterocycles. The van der Waals surface area contributed by atoms with E-state index in [4.69, 9.17) is 5.11 Å². The summed E-state index contributed by atoms with van der Waals surface area (Å²) in [5.74, 6) is -2.39. The van der Waals surface area contributed by atoms with Crippen LogP contribution in [0.2, 0.25) is 0 Å². The normalized spacial score (nSPS) is 11.9. The van der Waals surface area contributed by atoms with E-state index in [0.29, 0.717) is 13.0 Å². The Balaban J connectivity index is 3.34. The molecule has 21 heavy (non-hydrogen) atoms. The van der Waals surface area contributed by atoms with Crippen molar-refractivity contribution in [2.24, 2.45) is 0 Å². The number of halogens is 1. The standard InChI is InChI=1S/C14H20FNO4S/c1-4-6-7-16(5-2)21(19,20)11-8-10(3)13(15)12(9-11)14(17)18/h8-9H,4-7H2,1-3H3,(H,17,18). The lowest BCUT2D eigenvalue weighted by molar-refractivity contribution is 0.0691. The van der Waals surface area contributed by atoms with Crippen molar-refractivity contribution in [1.29, 1.82) is 0 Å². The van der Waals surface area contributed by atoms with E-state index in [-0.39, 0.29) is 17.0 Å².